The van der Waals surface area contributed by atoms with Crippen LogP contribution in [0.5, 0.6) is 0 Å². The number of ketones is 2. The number of aromatic nitrogens is 4. The number of rotatable bonds is 43. The zero-order valence-corrected chi connectivity index (χ0v) is 37.8. The van der Waals surface area contributed by atoms with Crippen LogP contribution in [0.4, 0.5) is 5.95 Å². The van der Waals surface area contributed by atoms with Crippen molar-refractivity contribution in [1.82, 2.24) is 19.5 Å². The Bertz CT molecular complexity index is 1290. The van der Waals surface area contributed by atoms with E-state index < -0.39 is 11.7 Å². The molecule has 0 radical (unpaired) electrons. The van der Waals surface area contributed by atoms with Crippen LogP contribution in [0.25, 0.3) is 11.2 Å². The normalized spacial score (nSPS) is 11.7. The van der Waals surface area contributed by atoms with Gasteiger partial charge in [-0.15, -0.1) is 0 Å². The molecule has 2 rings (SSSR count). The molecule has 2 aromatic rings. The number of imidazole rings is 1. The average molecular weight is 812 g/mol. The van der Waals surface area contributed by atoms with Crippen molar-refractivity contribution in [3.05, 3.63) is 16.7 Å². The van der Waals surface area contributed by atoms with Gasteiger partial charge in [-0.1, -0.05) is 219 Å². The van der Waals surface area contributed by atoms with E-state index in [1.54, 1.807) is 4.57 Å². The van der Waals surface area contributed by atoms with Crippen LogP contribution in [-0.4, -0.2) is 37.2 Å². The summed E-state index contributed by atoms with van der Waals surface area (Å²) in [6, 6.07) is 0. The smallest absolute Gasteiger partial charge is 0.280 e. The maximum atomic E-state index is 13.1. The molecule has 9 heteroatoms. The van der Waals surface area contributed by atoms with Gasteiger partial charge in [0.25, 0.3) is 5.56 Å². The van der Waals surface area contributed by atoms with Gasteiger partial charge < -0.3 is 10.5 Å². The summed E-state index contributed by atoms with van der Waals surface area (Å²) < 4.78 is 7.78. The van der Waals surface area contributed by atoms with Crippen LogP contribution >= 0.6 is 0 Å². The summed E-state index contributed by atoms with van der Waals surface area (Å²) in [5, 5.41) is 0. The summed E-state index contributed by atoms with van der Waals surface area (Å²) in [6.45, 7) is 4.60. The van der Waals surface area contributed by atoms with Gasteiger partial charge in [0.2, 0.25) is 5.95 Å². The summed E-state index contributed by atoms with van der Waals surface area (Å²) in [4.78, 5) is 49.3. The minimum absolute atomic E-state index is 0.00400. The highest BCUT2D eigenvalue weighted by molar-refractivity contribution is 5.82. The molecule has 2 heterocycles. The molecule has 0 aliphatic heterocycles. The van der Waals surface area contributed by atoms with E-state index in [-0.39, 0.29) is 42.6 Å². The minimum Gasteiger partial charge on any atom is -0.369 e. The summed E-state index contributed by atoms with van der Waals surface area (Å²) >= 11 is 0. The van der Waals surface area contributed by atoms with E-state index in [4.69, 9.17) is 10.5 Å². The van der Waals surface area contributed by atoms with Gasteiger partial charge in [-0.3, -0.25) is 23.9 Å². The van der Waals surface area contributed by atoms with E-state index in [0.29, 0.717) is 18.5 Å². The van der Waals surface area contributed by atoms with Crippen molar-refractivity contribution < 1.29 is 14.3 Å². The molecule has 0 saturated heterocycles. The Morgan fingerprint density at radius 2 is 0.897 bits per heavy atom. The number of hydrogen-bond acceptors (Lipinski definition) is 7. The van der Waals surface area contributed by atoms with Crippen molar-refractivity contribution >= 4 is 28.7 Å². The lowest BCUT2D eigenvalue weighted by atomic mass is 9.99. The lowest BCUT2D eigenvalue weighted by Gasteiger charge is -2.17. The maximum absolute atomic E-state index is 13.1. The number of Topliss-reactive ketones (excluding diaryl/α,β-unsaturated/α-hetero) is 2. The second kappa shape index (κ2) is 36.3. The molecule has 0 amide bonds. The number of carbonyl (C=O) groups excluding carboxylic acids is 2. The average Bonchev–Trinajstić information content (AvgIpc) is 3.62. The number of nitrogens with two attached hydrogens (primary N) is 1. The number of unbranched alkanes of at least 4 members (excludes halogenated alkanes) is 32. The molecule has 0 aliphatic carbocycles. The Morgan fingerprint density at radius 3 is 1.24 bits per heavy atom. The molecule has 0 bridgehead atoms. The highest BCUT2D eigenvalue weighted by Gasteiger charge is 2.20. The van der Waals surface area contributed by atoms with Gasteiger partial charge >= 0.3 is 0 Å². The number of anilines is 1. The molecular formula is C49H89N5O4. The number of H-pyrrole nitrogens is 1. The predicted molar refractivity (Wildman–Crippen MR) is 244 cm³/mol. The SMILES string of the molecule is CCCCCCCCCCCCCCCCCCCC(=O)CC(CC(=O)CCCCCCCCCCCCCCCCCCC)OCn1cnc2c(=O)[nH]c(N)nc21. The Balaban J connectivity index is 1.60. The summed E-state index contributed by atoms with van der Waals surface area (Å²) in [5.74, 6) is 0.293. The van der Waals surface area contributed by atoms with Crippen molar-refractivity contribution in [3.8, 4) is 0 Å². The standard InChI is InChI=1S/C49H89N5O4/c1-3-5-7-9-11-13-15-17-19-21-23-25-27-29-31-33-35-37-43(55)39-45(58-42-54-41-51-46-47(54)52-49(50)53-48(46)57)40-44(56)38-36-34-32-30-28-26-24-22-20-18-16-14-12-10-8-6-4-2/h41,45H,3-40,42H2,1-2H3,(H3,50,52,53,57). The maximum Gasteiger partial charge on any atom is 0.280 e. The minimum atomic E-state index is -0.520. The summed E-state index contributed by atoms with van der Waals surface area (Å²) in [5.41, 5.74) is 5.87. The molecule has 0 spiro atoms. The Labute approximate surface area is 354 Å². The number of nitrogens with zero attached hydrogens (tertiary/aromatic N) is 3. The number of ether oxygens (including phenoxy) is 1. The van der Waals surface area contributed by atoms with E-state index in [1.807, 2.05) is 0 Å². The third-order valence-corrected chi connectivity index (χ3v) is 12.0. The van der Waals surface area contributed by atoms with Crippen molar-refractivity contribution in [1.29, 1.82) is 0 Å². The highest BCUT2D eigenvalue weighted by Crippen LogP contribution is 2.19. The zero-order valence-electron chi connectivity index (χ0n) is 37.8. The fourth-order valence-electron chi connectivity index (χ4n) is 8.25. The molecule has 58 heavy (non-hydrogen) atoms. The lowest BCUT2D eigenvalue weighted by Crippen LogP contribution is -2.23. The molecular weight excluding hydrogens is 723 g/mol. The van der Waals surface area contributed by atoms with Gasteiger partial charge in [0.05, 0.1) is 12.4 Å². The largest absolute Gasteiger partial charge is 0.369 e. The highest BCUT2D eigenvalue weighted by atomic mass is 16.5. The summed E-state index contributed by atoms with van der Waals surface area (Å²) in [7, 11) is 0. The molecule has 0 aromatic carbocycles. The van der Waals surface area contributed by atoms with Crippen molar-refractivity contribution in [2.24, 2.45) is 0 Å². The fourth-order valence-corrected chi connectivity index (χ4v) is 8.25. The van der Waals surface area contributed by atoms with Gasteiger partial charge in [-0.05, 0) is 12.8 Å². The van der Waals surface area contributed by atoms with Crippen molar-refractivity contribution in [2.45, 2.75) is 271 Å². The Hall–Kier alpha value is -2.55. The number of nitrogens with one attached hydrogen (secondary N) is 1. The van der Waals surface area contributed by atoms with E-state index in [2.05, 4.69) is 28.8 Å². The van der Waals surface area contributed by atoms with Crippen molar-refractivity contribution in [3.63, 3.8) is 0 Å². The fraction of sp³-hybridized carbons (Fsp3) is 0.857. The molecule has 3 N–H and O–H groups in total. The second-order valence-electron chi connectivity index (χ2n) is 17.6. The topological polar surface area (TPSA) is 133 Å². The van der Waals surface area contributed by atoms with Gasteiger partial charge in [0, 0.05) is 25.7 Å². The quantitative estimate of drug-likeness (QED) is 0.0637. The van der Waals surface area contributed by atoms with E-state index in [9.17, 15) is 14.4 Å². The van der Waals surface area contributed by atoms with Crippen LogP contribution in [0.3, 0.4) is 0 Å². The number of aromatic amines is 1. The number of fused-ring (bicyclic) bond motifs is 1. The van der Waals surface area contributed by atoms with Crippen LogP contribution in [-0.2, 0) is 21.1 Å². The van der Waals surface area contributed by atoms with Crippen LogP contribution in [0, 0.1) is 0 Å². The molecule has 0 aliphatic rings. The Morgan fingerprint density at radius 1 is 0.569 bits per heavy atom. The molecule has 2 aromatic heterocycles. The van der Waals surface area contributed by atoms with Crippen LogP contribution in [0.2, 0.25) is 0 Å². The zero-order chi connectivity index (χ0) is 41.7. The molecule has 0 unspecified atom stereocenters. The first-order valence-electron chi connectivity index (χ1n) is 24.8. The second-order valence-corrected chi connectivity index (χ2v) is 17.6. The third kappa shape index (κ3) is 27.3. The van der Waals surface area contributed by atoms with Crippen molar-refractivity contribution in [2.75, 3.05) is 5.73 Å². The van der Waals surface area contributed by atoms with E-state index >= 15 is 0 Å². The molecule has 0 atom stereocenters. The molecule has 0 saturated carbocycles. The Kier molecular flexibility index (Phi) is 32.3. The summed E-state index contributed by atoms with van der Waals surface area (Å²) in [6.07, 6.45) is 47.0. The third-order valence-electron chi connectivity index (χ3n) is 12.0. The first-order chi connectivity index (χ1) is 28.4. The molecule has 334 valence electrons. The predicted octanol–water partition coefficient (Wildman–Crippen LogP) is 14.0. The van der Waals surface area contributed by atoms with Gasteiger partial charge in [-0.2, -0.15) is 4.98 Å². The van der Waals surface area contributed by atoms with E-state index in [1.165, 1.54) is 199 Å². The van der Waals surface area contributed by atoms with Gasteiger partial charge in [0.15, 0.2) is 11.2 Å². The monoisotopic (exact) mass is 812 g/mol. The van der Waals surface area contributed by atoms with Gasteiger partial charge in [-0.25, -0.2) is 4.98 Å². The molecule has 0 fully saturated rings. The first-order valence-corrected chi connectivity index (χ1v) is 24.8. The van der Waals surface area contributed by atoms with Gasteiger partial charge in [0.1, 0.15) is 18.3 Å². The van der Waals surface area contributed by atoms with Crippen LogP contribution in [0.15, 0.2) is 11.1 Å². The van der Waals surface area contributed by atoms with Crippen LogP contribution < -0.4 is 11.3 Å². The number of hydrogen-bond donors (Lipinski definition) is 2. The van der Waals surface area contributed by atoms with Crippen LogP contribution in [0.1, 0.15) is 258 Å². The number of carbonyl (C=O) groups is 2. The molecule has 9 nitrogen and oxygen atoms in total. The van der Waals surface area contributed by atoms with E-state index in [0.717, 1.165) is 25.7 Å². The first kappa shape index (κ1) is 51.6. The lowest BCUT2D eigenvalue weighted by molar-refractivity contribution is -0.127. The number of nitrogen functional groups attached to an aromatic ring is 1.